The van der Waals surface area contributed by atoms with Gasteiger partial charge in [0, 0.05) is 23.9 Å². The van der Waals surface area contributed by atoms with Crippen LogP contribution in [0.25, 0.3) is 0 Å². The van der Waals surface area contributed by atoms with Gasteiger partial charge in [-0.1, -0.05) is 35.8 Å². The van der Waals surface area contributed by atoms with Crippen molar-refractivity contribution >= 4 is 11.6 Å². The van der Waals surface area contributed by atoms with Crippen molar-refractivity contribution in [1.29, 1.82) is 0 Å². The fourth-order valence-corrected chi connectivity index (χ4v) is 2.17. The van der Waals surface area contributed by atoms with Crippen molar-refractivity contribution < 1.29 is 4.52 Å². The lowest BCUT2D eigenvalue weighted by atomic mass is 10.1. The second-order valence-electron chi connectivity index (χ2n) is 4.57. The fourth-order valence-electron chi connectivity index (χ4n) is 1.96. The number of halogens is 1. The molecule has 4 nitrogen and oxygen atoms in total. The fraction of sp³-hybridized carbons (Fsp3) is 0.429. The SMILES string of the molecule is CCNC(C)Cc1nc(Cc2cccc(Cl)c2)no1. The Hall–Kier alpha value is -1.39. The molecule has 0 spiro atoms. The highest BCUT2D eigenvalue weighted by Gasteiger charge is 2.10. The van der Waals surface area contributed by atoms with Crippen molar-refractivity contribution in [2.24, 2.45) is 0 Å². The van der Waals surface area contributed by atoms with Gasteiger partial charge in [-0.3, -0.25) is 0 Å². The van der Waals surface area contributed by atoms with Crippen LogP contribution in [-0.4, -0.2) is 22.7 Å². The quantitative estimate of drug-likeness (QED) is 0.883. The number of aromatic nitrogens is 2. The molecule has 5 heteroatoms. The van der Waals surface area contributed by atoms with Crippen molar-refractivity contribution in [3.05, 3.63) is 46.6 Å². The summed E-state index contributed by atoms with van der Waals surface area (Å²) in [4.78, 5) is 4.40. The minimum absolute atomic E-state index is 0.337. The normalized spacial score (nSPS) is 12.6. The van der Waals surface area contributed by atoms with Crippen LogP contribution in [0.2, 0.25) is 5.02 Å². The molecule has 2 aromatic rings. The van der Waals surface area contributed by atoms with Gasteiger partial charge in [0.05, 0.1) is 0 Å². The predicted octanol–water partition coefficient (Wildman–Crippen LogP) is 2.85. The van der Waals surface area contributed by atoms with E-state index in [0.717, 1.165) is 23.6 Å². The van der Waals surface area contributed by atoms with Crippen LogP contribution in [0.15, 0.2) is 28.8 Å². The number of benzene rings is 1. The monoisotopic (exact) mass is 279 g/mol. The zero-order valence-corrected chi connectivity index (χ0v) is 11.9. The van der Waals surface area contributed by atoms with Crippen LogP contribution in [0.1, 0.15) is 31.1 Å². The maximum absolute atomic E-state index is 5.95. The Kier molecular flexibility index (Phi) is 4.93. The van der Waals surface area contributed by atoms with Gasteiger partial charge in [0.2, 0.25) is 5.89 Å². The summed E-state index contributed by atoms with van der Waals surface area (Å²) in [6.45, 7) is 5.11. The summed E-state index contributed by atoms with van der Waals surface area (Å²) in [6, 6.07) is 8.03. The molecule has 1 atom stereocenters. The number of hydrogen-bond donors (Lipinski definition) is 1. The molecule has 0 aliphatic carbocycles. The topological polar surface area (TPSA) is 51.0 Å². The maximum Gasteiger partial charge on any atom is 0.228 e. The summed E-state index contributed by atoms with van der Waals surface area (Å²) in [6.07, 6.45) is 1.38. The van der Waals surface area contributed by atoms with Crippen LogP contribution < -0.4 is 5.32 Å². The molecule has 0 aliphatic heterocycles. The molecule has 1 aromatic carbocycles. The summed E-state index contributed by atoms with van der Waals surface area (Å²) in [7, 11) is 0. The smallest absolute Gasteiger partial charge is 0.228 e. The highest BCUT2D eigenvalue weighted by molar-refractivity contribution is 6.30. The lowest BCUT2D eigenvalue weighted by Gasteiger charge is -2.07. The highest BCUT2D eigenvalue weighted by atomic mass is 35.5. The second kappa shape index (κ2) is 6.68. The molecule has 0 bridgehead atoms. The van der Waals surface area contributed by atoms with Crippen molar-refractivity contribution in [1.82, 2.24) is 15.5 Å². The average molecular weight is 280 g/mol. The number of nitrogens with zero attached hydrogens (tertiary/aromatic N) is 2. The Morgan fingerprint density at radius 2 is 2.26 bits per heavy atom. The van der Waals surface area contributed by atoms with E-state index in [9.17, 15) is 0 Å². The third kappa shape index (κ3) is 4.33. The van der Waals surface area contributed by atoms with Crippen LogP contribution in [0.5, 0.6) is 0 Å². The first kappa shape index (κ1) is 14.0. The third-order valence-electron chi connectivity index (χ3n) is 2.79. The van der Waals surface area contributed by atoms with Crippen molar-refractivity contribution in [2.45, 2.75) is 32.7 Å². The van der Waals surface area contributed by atoms with Gasteiger partial charge in [-0.15, -0.1) is 0 Å². The summed E-state index contributed by atoms with van der Waals surface area (Å²) < 4.78 is 5.25. The Balaban J connectivity index is 1.97. The number of rotatable bonds is 6. The van der Waals surface area contributed by atoms with E-state index >= 15 is 0 Å². The Bertz CT molecular complexity index is 527. The van der Waals surface area contributed by atoms with Gasteiger partial charge in [-0.2, -0.15) is 4.98 Å². The van der Waals surface area contributed by atoms with E-state index in [2.05, 4.69) is 29.3 Å². The summed E-state index contributed by atoms with van der Waals surface area (Å²) >= 11 is 5.95. The van der Waals surface area contributed by atoms with E-state index in [1.165, 1.54) is 0 Å². The molecule has 102 valence electrons. The molecular formula is C14H18ClN3O. The molecule has 1 aromatic heterocycles. The number of hydrogen-bond acceptors (Lipinski definition) is 4. The van der Waals surface area contributed by atoms with Crippen molar-refractivity contribution in [3.8, 4) is 0 Å². The molecule has 0 radical (unpaired) electrons. The second-order valence-corrected chi connectivity index (χ2v) is 5.01. The zero-order chi connectivity index (χ0) is 13.7. The Labute approximate surface area is 118 Å². The van der Waals surface area contributed by atoms with Crippen LogP contribution in [-0.2, 0) is 12.8 Å². The lowest BCUT2D eigenvalue weighted by Crippen LogP contribution is -2.27. The zero-order valence-electron chi connectivity index (χ0n) is 11.2. The molecule has 0 saturated heterocycles. The van der Waals surface area contributed by atoms with E-state index in [0.29, 0.717) is 24.2 Å². The molecule has 0 aliphatic rings. The Morgan fingerprint density at radius 1 is 1.42 bits per heavy atom. The molecule has 0 fully saturated rings. The largest absolute Gasteiger partial charge is 0.339 e. The van der Waals surface area contributed by atoms with E-state index in [1.807, 2.05) is 24.3 Å². The van der Waals surface area contributed by atoms with Gasteiger partial charge in [0.15, 0.2) is 5.82 Å². The Morgan fingerprint density at radius 3 is 3.00 bits per heavy atom. The maximum atomic E-state index is 5.95. The van der Waals surface area contributed by atoms with E-state index in [4.69, 9.17) is 16.1 Å². The van der Waals surface area contributed by atoms with Gasteiger partial charge in [-0.05, 0) is 31.2 Å². The van der Waals surface area contributed by atoms with E-state index in [1.54, 1.807) is 0 Å². The van der Waals surface area contributed by atoms with Gasteiger partial charge in [-0.25, -0.2) is 0 Å². The highest BCUT2D eigenvalue weighted by Crippen LogP contribution is 2.13. The molecule has 0 amide bonds. The van der Waals surface area contributed by atoms with Crippen LogP contribution >= 0.6 is 11.6 Å². The number of likely N-dealkylation sites (N-methyl/N-ethyl adjacent to an activating group) is 1. The predicted molar refractivity (Wildman–Crippen MR) is 75.4 cm³/mol. The molecule has 1 unspecified atom stereocenters. The van der Waals surface area contributed by atoms with E-state index in [-0.39, 0.29) is 0 Å². The summed E-state index contributed by atoms with van der Waals surface area (Å²) in [5, 5.41) is 8.04. The summed E-state index contributed by atoms with van der Waals surface area (Å²) in [5.74, 6) is 1.37. The molecule has 19 heavy (non-hydrogen) atoms. The summed E-state index contributed by atoms with van der Waals surface area (Å²) in [5.41, 5.74) is 1.08. The van der Waals surface area contributed by atoms with Gasteiger partial charge in [0.25, 0.3) is 0 Å². The minimum atomic E-state index is 0.337. The first-order chi connectivity index (χ1) is 9.17. The first-order valence-corrected chi connectivity index (χ1v) is 6.84. The third-order valence-corrected chi connectivity index (χ3v) is 3.03. The van der Waals surface area contributed by atoms with Crippen LogP contribution in [0, 0.1) is 0 Å². The molecule has 1 N–H and O–H groups in total. The molecular weight excluding hydrogens is 262 g/mol. The van der Waals surface area contributed by atoms with Gasteiger partial charge >= 0.3 is 0 Å². The number of nitrogens with one attached hydrogen (secondary N) is 1. The standard InChI is InChI=1S/C14H18ClN3O/c1-3-16-10(2)7-14-17-13(18-19-14)9-11-5-4-6-12(15)8-11/h4-6,8,10,16H,3,7,9H2,1-2H3. The minimum Gasteiger partial charge on any atom is -0.339 e. The lowest BCUT2D eigenvalue weighted by molar-refractivity contribution is 0.359. The molecule has 2 rings (SSSR count). The molecule has 1 heterocycles. The average Bonchev–Trinajstić information content (AvgIpc) is 2.76. The van der Waals surface area contributed by atoms with Crippen LogP contribution in [0.4, 0.5) is 0 Å². The van der Waals surface area contributed by atoms with E-state index < -0.39 is 0 Å². The molecule has 0 saturated carbocycles. The van der Waals surface area contributed by atoms with Crippen molar-refractivity contribution in [3.63, 3.8) is 0 Å². The van der Waals surface area contributed by atoms with Crippen molar-refractivity contribution in [2.75, 3.05) is 6.54 Å². The van der Waals surface area contributed by atoms with Gasteiger partial charge in [0.1, 0.15) is 0 Å². The van der Waals surface area contributed by atoms with Gasteiger partial charge < -0.3 is 9.84 Å². The van der Waals surface area contributed by atoms with Crippen LogP contribution in [0.3, 0.4) is 0 Å². The first-order valence-electron chi connectivity index (χ1n) is 6.46.